The van der Waals surface area contributed by atoms with Crippen LogP contribution in [0.25, 0.3) is 0 Å². The highest BCUT2D eigenvalue weighted by Crippen LogP contribution is 2.35. The minimum atomic E-state index is 0.167. The van der Waals surface area contributed by atoms with Gasteiger partial charge in [0.15, 0.2) is 5.78 Å². The van der Waals surface area contributed by atoms with E-state index < -0.39 is 0 Å². The topological polar surface area (TPSA) is 17.1 Å². The van der Waals surface area contributed by atoms with Crippen LogP contribution in [0.1, 0.15) is 17.0 Å². The predicted octanol–water partition coefficient (Wildman–Crippen LogP) is 2.29. The quantitative estimate of drug-likeness (QED) is 0.705. The number of fused-ring (bicyclic) bond motifs is 1. The van der Waals surface area contributed by atoms with E-state index >= 15 is 0 Å². The highest BCUT2D eigenvalue weighted by molar-refractivity contribution is 9.09. The zero-order valence-corrected chi connectivity index (χ0v) is 8.17. The minimum Gasteiger partial charge on any atom is -0.298 e. The predicted molar refractivity (Wildman–Crippen MR) is 51.7 cm³/mol. The first-order valence-corrected chi connectivity index (χ1v) is 5.11. The third-order valence-corrected chi connectivity index (χ3v) is 2.93. The number of benzene rings is 1. The first kappa shape index (κ1) is 7.99. The van der Waals surface area contributed by atoms with Crippen molar-refractivity contribution in [2.45, 2.75) is 12.3 Å². The Morgan fingerprint density at radius 2 is 2.25 bits per heavy atom. The van der Waals surface area contributed by atoms with Crippen molar-refractivity contribution in [1.82, 2.24) is 0 Å². The number of ketones is 1. The lowest BCUT2D eigenvalue weighted by Gasteiger charge is -2.28. The average molecular weight is 225 g/mol. The van der Waals surface area contributed by atoms with Crippen molar-refractivity contribution in [3.63, 3.8) is 0 Å². The summed E-state index contributed by atoms with van der Waals surface area (Å²) in [5, 5.41) is 0.478. The van der Waals surface area contributed by atoms with Gasteiger partial charge in [0.05, 0.1) is 5.33 Å². The second-order valence-electron chi connectivity index (χ2n) is 3.06. The Bertz CT molecular complexity index is 319. The summed E-state index contributed by atoms with van der Waals surface area (Å²) in [6.45, 7) is 0. The zero-order chi connectivity index (χ0) is 8.55. The molecule has 0 amide bonds. The molecule has 0 heterocycles. The van der Waals surface area contributed by atoms with Crippen LogP contribution in [-0.2, 0) is 11.2 Å². The van der Waals surface area contributed by atoms with Gasteiger partial charge in [-0.3, -0.25) is 4.79 Å². The van der Waals surface area contributed by atoms with Gasteiger partial charge in [0.1, 0.15) is 0 Å². The second-order valence-corrected chi connectivity index (χ2v) is 3.62. The van der Waals surface area contributed by atoms with Gasteiger partial charge in [0, 0.05) is 5.92 Å². The van der Waals surface area contributed by atoms with Gasteiger partial charge in [-0.15, -0.1) is 0 Å². The van der Waals surface area contributed by atoms with Crippen LogP contribution < -0.4 is 0 Å². The number of carbonyl (C=O) groups excluding carboxylic acids is 1. The lowest BCUT2D eigenvalue weighted by molar-refractivity contribution is -0.118. The molecular formula is C10H9BrO. The van der Waals surface area contributed by atoms with E-state index in [0.717, 1.165) is 6.42 Å². The fourth-order valence-electron chi connectivity index (χ4n) is 1.64. The van der Waals surface area contributed by atoms with Gasteiger partial charge in [-0.05, 0) is 17.5 Å². The van der Waals surface area contributed by atoms with E-state index in [-0.39, 0.29) is 5.92 Å². The molecule has 1 aliphatic rings. The van der Waals surface area contributed by atoms with Crippen LogP contribution >= 0.6 is 15.9 Å². The Balaban J connectivity index is 2.25. The lowest BCUT2D eigenvalue weighted by Crippen LogP contribution is -2.25. The minimum absolute atomic E-state index is 0.167. The molecule has 62 valence electrons. The molecule has 0 aromatic heterocycles. The van der Waals surface area contributed by atoms with Crippen molar-refractivity contribution in [2.75, 3.05) is 5.33 Å². The molecule has 2 heteroatoms. The standard InChI is InChI=1S/C10H9BrO/c11-6-10(12)9-5-7-3-1-2-4-8(7)9/h1-4,9H,5-6H2/t9-/m1/s1. The normalized spacial score (nSPS) is 19.6. The van der Waals surface area contributed by atoms with E-state index in [9.17, 15) is 4.79 Å². The zero-order valence-electron chi connectivity index (χ0n) is 6.59. The number of hydrogen-bond acceptors (Lipinski definition) is 1. The van der Waals surface area contributed by atoms with Crippen LogP contribution in [0.5, 0.6) is 0 Å². The summed E-state index contributed by atoms with van der Waals surface area (Å²) < 4.78 is 0. The van der Waals surface area contributed by atoms with Gasteiger partial charge in [-0.2, -0.15) is 0 Å². The number of alkyl halides is 1. The van der Waals surface area contributed by atoms with Crippen molar-refractivity contribution < 1.29 is 4.79 Å². The number of carbonyl (C=O) groups is 1. The Morgan fingerprint density at radius 1 is 1.50 bits per heavy atom. The smallest absolute Gasteiger partial charge is 0.151 e. The fraction of sp³-hybridized carbons (Fsp3) is 0.300. The highest BCUT2D eigenvalue weighted by atomic mass is 79.9. The maximum Gasteiger partial charge on any atom is 0.151 e. The molecule has 1 atom stereocenters. The lowest BCUT2D eigenvalue weighted by atomic mass is 9.76. The summed E-state index contributed by atoms with van der Waals surface area (Å²) in [5.41, 5.74) is 2.55. The molecule has 2 rings (SSSR count). The Labute approximate surface area is 79.9 Å². The fourth-order valence-corrected chi connectivity index (χ4v) is 2.03. The highest BCUT2D eigenvalue weighted by Gasteiger charge is 2.30. The van der Waals surface area contributed by atoms with Crippen molar-refractivity contribution in [3.8, 4) is 0 Å². The molecule has 0 saturated heterocycles. The molecule has 0 fully saturated rings. The third-order valence-electron chi connectivity index (χ3n) is 2.37. The van der Waals surface area contributed by atoms with E-state index in [1.807, 2.05) is 18.2 Å². The first-order chi connectivity index (χ1) is 5.83. The monoisotopic (exact) mass is 224 g/mol. The van der Waals surface area contributed by atoms with Crippen LogP contribution in [0.15, 0.2) is 24.3 Å². The number of Topliss-reactive ketones (excluding diaryl/α,β-unsaturated/α-hetero) is 1. The molecular weight excluding hydrogens is 216 g/mol. The molecule has 1 aromatic carbocycles. The Morgan fingerprint density at radius 3 is 2.92 bits per heavy atom. The summed E-state index contributed by atoms with van der Waals surface area (Å²) in [7, 11) is 0. The summed E-state index contributed by atoms with van der Waals surface area (Å²) in [6, 6.07) is 8.15. The molecule has 0 N–H and O–H groups in total. The van der Waals surface area contributed by atoms with Crippen molar-refractivity contribution in [1.29, 1.82) is 0 Å². The number of hydrogen-bond donors (Lipinski definition) is 0. The molecule has 1 nitrogen and oxygen atoms in total. The van der Waals surface area contributed by atoms with Crippen molar-refractivity contribution >= 4 is 21.7 Å². The van der Waals surface area contributed by atoms with E-state index in [1.54, 1.807) is 0 Å². The van der Waals surface area contributed by atoms with Gasteiger partial charge in [-0.25, -0.2) is 0 Å². The third kappa shape index (κ3) is 1.11. The molecule has 1 aromatic rings. The van der Waals surface area contributed by atoms with Crippen molar-refractivity contribution in [3.05, 3.63) is 35.4 Å². The van der Waals surface area contributed by atoms with Crippen LogP contribution in [0.2, 0.25) is 0 Å². The van der Waals surface area contributed by atoms with Crippen LogP contribution in [0.4, 0.5) is 0 Å². The summed E-state index contributed by atoms with van der Waals surface area (Å²) in [5.74, 6) is 0.467. The van der Waals surface area contributed by atoms with E-state index in [1.165, 1.54) is 11.1 Å². The van der Waals surface area contributed by atoms with Gasteiger partial charge in [0.2, 0.25) is 0 Å². The van der Waals surface area contributed by atoms with Gasteiger partial charge in [-0.1, -0.05) is 40.2 Å². The molecule has 0 radical (unpaired) electrons. The van der Waals surface area contributed by atoms with Crippen LogP contribution in [0, 0.1) is 0 Å². The largest absolute Gasteiger partial charge is 0.298 e. The summed E-state index contributed by atoms with van der Waals surface area (Å²) in [4.78, 5) is 11.3. The van der Waals surface area contributed by atoms with Gasteiger partial charge >= 0.3 is 0 Å². The van der Waals surface area contributed by atoms with Gasteiger partial charge < -0.3 is 0 Å². The molecule has 0 aliphatic heterocycles. The van der Waals surface area contributed by atoms with Crippen LogP contribution in [-0.4, -0.2) is 11.1 Å². The first-order valence-electron chi connectivity index (χ1n) is 3.99. The molecule has 1 aliphatic carbocycles. The Hall–Kier alpha value is -0.630. The molecule has 0 unspecified atom stereocenters. The van der Waals surface area contributed by atoms with E-state index in [4.69, 9.17) is 0 Å². The second kappa shape index (κ2) is 3.02. The molecule has 0 bridgehead atoms. The van der Waals surface area contributed by atoms with E-state index in [0.29, 0.717) is 11.1 Å². The molecule has 0 spiro atoms. The summed E-state index contributed by atoms with van der Waals surface area (Å²) in [6.07, 6.45) is 0.931. The van der Waals surface area contributed by atoms with Gasteiger partial charge in [0.25, 0.3) is 0 Å². The molecule has 12 heavy (non-hydrogen) atoms. The maximum atomic E-state index is 11.3. The SMILES string of the molecule is O=C(CBr)[C@@H]1Cc2ccccc21. The number of rotatable bonds is 2. The average Bonchev–Trinajstić information content (AvgIpc) is 2.07. The molecule has 0 saturated carbocycles. The van der Waals surface area contributed by atoms with Crippen LogP contribution in [0.3, 0.4) is 0 Å². The summed E-state index contributed by atoms with van der Waals surface area (Å²) >= 11 is 3.19. The number of halogens is 1. The van der Waals surface area contributed by atoms with Crippen molar-refractivity contribution in [2.24, 2.45) is 0 Å². The maximum absolute atomic E-state index is 11.3. The Kier molecular flexibility index (Phi) is 2.01. The van der Waals surface area contributed by atoms with E-state index in [2.05, 4.69) is 22.0 Å².